The molecule has 2 aliphatic heterocycles. The van der Waals surface area contributed by atoms with E-state index in [2.05, 4.69) is 5.32 Å². The highest BCUT2D eigenvalue weighted by Crippen LogP contribution is 2.18. The molecule has 0 bridgehead atoms. The SMILES string of the molecule is CN(C(=O)[C@H]1CCCCN1)C1CCS(=O)(=O)C1. The van der Waals surface area contributed by atoms with Gasteiger partial charge in [0.1, 0.15) is 0 Å². The Bertz CT molecular complexity index is 388. The van der Waals surface area contributed by atoms with Crippen LogP contribution in [0.25, 0.3) is 0 Å². The average Bonchev–Trinajstić information content (AvgIpc) is 2.69. The monoisotopic (exact) mass is 260 g/mol. The standard InChI is InChI=1S/C11H20N2O3S/c1-13(9-5-7-17(15,16)8-9)11(14)10-4-2-3-6-12-10/h9-10,12H,2-8H2,1H3/t9?,10-/m1/s1. The van der Waals surface area contributed by atoms with Crippen LogP contribution < -0.4 is 5.32 Å². The molecule has 2 saturated heterocycles. The predicted molar refractivity (Wildman–Crippen MR) is 65.5 cm³/mol. The number of carbonyl (C=O) groups is 1. The Morgan fingerprint density at radius 2 is 2.06 bits per heavy atom. The normalized spacial score (nSPS) is 32.3. The summed E-state index contributed by atoms with van der Waals surface area (Å²) < 4.78 is 22.8. The Labute approximate surface area is 102 Å². The summed E-state index contributed by atoms with van der Waals surface area (Å²) in [4.78, 5) is 13.8. The number of piperidine rings is 1. The Balaban J connectivity index is 1.95. The van der Waals surface area contributed by atoms with Crippen LogP contribution in [0.5, 0.6) is 0 Å². The highest BCUT2D eigenvalue weighted by Gasteiger charge is 2.35. The van der Waals surface area contributed by atoms with Crippen LogP contribution in [0.2, 0.25) is 0 Å². The first kappa shape index (κ1) is 12.8. The van der Waals surface area contributed by atoms with E-state index in [-0.39, 0.29) is 29.5 Å². The molecule has 2 fully saturated rings. The molecule has 2 heterocycles. The molecule has 5 nitrogen and oxygen atoms in total. The molecule has 1 N–H and O–H groups in total. The van der Waals surface area contributed by atoms with Crippen LogP contribution in [0.1, 0.15) is 25.7 Å². The number of hydrogen-bond acceptors (Lipinski definition) is 4. The fourth-order valence-corrected chi connectivity index (χ4v) is 4.34. The summed E-state index contributed by atoms with van der Waals surface area (Å²) in [6, 6.07) is -0.242. The second-order valence-corrected chi connectivity index (χ2v) is 7.24. The number of amides is 1. The molecule has 2 aliphatic rings. The fourth-order valence-electron chi connectivity index (χ4n) is 2.57. The molecule has 17 heavy (non-hydrogen) atoms. The Hall–Kier alpha value is -0.620. The van der Waals surface area contributed by atoms with Crippen LogP contribution >= 0.6 is 0 Å². The van der Waals surface area contributed by atoms with Crippen LogP contribution in [-0.2, 0) is 14.6 Å². The van der Waals surface area contributed by atoms with E-state index in [4.69, 9.17) is 0 Å². The number of likely N-dealkylation sites (N-methyl/N-ethyl adjacent to an activating group) is 1. The smallest absolute Gasteiger partial charge is 0.239 e. The Morgan fingerprint density at radius 1 is 1.29 bits per heavy atom. The topological polar surface area (TPSA) is 66.5 Å². The summed E-state index contributed by atoms with van der Waals surface area (Å²) in [7, 11) is -1.19. The van der Waals surface area contributed by atoms with Crippen molar-refractivity contribution in [2.24, 2.45) is 0 Å². The summed E-state index contributed by atoms with van der Waals surface area (Å²) >= 11 is 0. The summed E-state index contributed by atoms with van der Waals surface area (Å²) in [6.45, 7) is 0.882. The van der Waals surface area contributed by atoms with Crippen molar-refractivity contribution in [1.82, 2.24) is 10.2 Å². The quantitative estimate of drug-likeness (QED) is 0.745. The van der Waals surface area contributed by atoms with Gasteiger partial charge in [0.25, 0.3) is 0 Å². The van der Waals surface area contributed by atoms with Crippen molar-refractivity contribution in [2.75, 3.05) is 25.1 Å². The third-order valence-electron chi connectivity index (χ3n) is 3.71. The molecule has 0 aliphatic carbocycles. The number of nitrogens with zero attached hydrogens (tertiary/aromatic N) is 1. The lowest BCUT2D eigenvalue weighted by Crippen LogP contribution is -2.50. The first-order valence-corrected chi connectivity index (χ1v) is 8.02. The van der Waals surface area contributed by atoms with Gasteiger partial charge in [-0.05, 0) is 25.8 Å². The van der Waals surface area contributed by atoms with Gasteiger partial charge in [0.15, 0.2) is 9.84 Å². The predicted octanol–water partition coefficient (Wildman–Crippen LogP) is -0.226. The highest BCUT2D eigenvalue weighted by molar-refractivity contribution is 7.91. The molecule has 2 rings (SSSR count). The zero-order valence-electron chi connectivity index (χ0n) is 10.2. The van der Waals surface area contributed by atoms with Gasteiger partial charge in [-0.15, -0.1) is 0 Å². The number of carbonyl (C=O) groups excluding carboxylic acids is 1. The number of nitrogens with one attached hydrogen (secondary N) is 1. The third-order valence-corrected chi connectivity index (χ3v) is 5.46. The van der Waals surface area contributed by atoms with Crippen LogP contribution in [-0.4, -0.2) is 56.4 Å². The minimum Gasteiger partial charge on any atom is -0.340 e. The zero-order chi connectivity index (χ0) is 12.5. The minimum absolute atomic E-state index is 0.0480. The van der Waals surface area contributed by atoms with E-state index in [1.807, 2.05) is 0 Å². The first-order chi connectivity index (χ1) is 7.99. The molecule has 98 valence electrons. The molecular formula is C11H20N2O3S. The number of rotatable bonds is 2. The van der Waals surface area contributed by atoms with Crippen molar-refractivity contribution in [3.8, 4) is 0 Å². The molecule has 0 aromatic rings. The van der Waals surface area contributed by atoms with Gasteiger partial charge in [0, 0.05) is 13.1 Å². The highest BCUT2D eigenvalue weighted by atomic mass is 32.2. The third kappa shape index (κ3) is 2.98. The van der Waals surface area contributed by atoms with E-state index < -0.39 is 9.84 Å². The fraction of sp³-hybridized carbons (Fsp3) is 0.909. The summed E-state index contributed by atoms with van der Waals surface area (Å²) in [5.41, 5.74) is 0. The second kappa shape index (κ2) is 4.94. The molecule has 2 atom stereocenters. The van der Waals surface area contributed by atoms with E-state index in [9.17, 15) is 13.2 Å². The largest absolute Gasteiger partial charge is 0.340 e. The minimum atomic E-state index is -2.92. The molecule has 0 saturated carbocycles. The van der Waals surface area contributed by atoms with Gasteiger partial charge in [-0.25, -0.2) is 8.42 Å². The molecule has 0 aromatic carbocycles. The van der Waals surface area contributed by atoms with Gasteiger partial charge in [0.05, 0.1) is 17.5 Å². The number of sulfone groups is 1. The lowest BCUT2D eigenvalue weighted by Gasteiger charge is -2.30. The maximum Gasteiger partial charge on any atom is 0.239 e. The zero-order valence-corrected chi connectivity index (χ0v) is 11.0. The van der Waals surface area contributed by atoms with Crippen molar-refractivity contribution >= 4 is 15.7 Å². The van der Waals surface area contributed by atoms with Crippen molar-refractivity contribution in [2.45, 2.75) is 37.8 Å². The molecule has 1 amide bonds. The van der Waals surface area contributed by atoms with Crippen molar-refractivity contribution in [3.63, 3.8) is 0 Å². The van der Waals surface area contributed by atoms with Crippen LogP contribution in [0.3, 0.4) is 0 Å². The van der Waals surface area contributed by atoms with Gasteiger partial charge < -0.3 is 10.2 Å². The van der Waals surface area contributed by atoms with Crippen molar-refractivity contribution in [3.05, 3.63) is 0 Å². The van der Waals surface area contributed by atoms with Crippen molar-refractivity contribution < 1.29 is 13.2 Å². The Kier molecular flexibility index (Phi) is 3.73. The van der Waals surface area contributed by atoms with E-state index >= 15 is 0 Å². The molecule has 6 heteroatoms. The van der Waals surface area contributed by atoms with E-state index in [0.29, 0.717) is 6.42 Å². The molecule has 0 spiro atoms. The van der Waals surface area contributed by atoms with E-state index in [1.54, 1.807) is 11.9 Å². The molecule has 1 unspecified atom stereocenters. The maximum absolute atomic E-state index is 12.2. The average molecular weight is 260 g/mol. The van der Waals surface area contributed by atoms with Gasteiger partial charge >= 0.3 is 0 Å². The first-order valence-electron chi connectivity index (χ1n) is 6.20. The van der Waals surface area contributed by atoms with E-state index in [0.717, 1.165) is 25.8 Å². The maximum atomic E-state index is 12.2. The van der Waals surface area contributed by atoms with E-state index in [1.165, 1.54) is 0 Å². The summed E-state index contributed by atoms with van der Waals surface area (Å²) in [5, 5.41) is 3.20. The van der Waals surface area contributed by atoms with Gasteiger partial charge in [0.2, 0.25) is 5.91 Å². The second-order valence-electron chi connectivity index (χ2n) is 5.01. The summed E-state index contributed by atoms with van der Waals surface area (Å²) in [6.07, 6.45) is 3.63. The lowest BCUT2D eigenvalue weighted by molar-refractivity contribution is -0.134. The van der Waals surface area contributed by atoms with Crippen molar-refractivity contribution in [1.29, 1.82) is 0 Å². The van der Waals surface area contributed by atoms with Crippen LogP contribution in [0.4, 0.5) is 0 Å². The van der Waals surface area contributed by atoms with Crippen LogP contribution in [0, 0.1) is 0 Å². The lowest BCUT2D eigenvalue weighted by atomic mass is 10.0. The van der Waals surface area contributed by atoms with Crippen LogP contribution in [0.15, 0.2) is 0 Å². The molecule has 0 aromatic heterocycles. The molecule has 0 radical (unpaired) electrons. The summed E-state index contributed by atoms with van der Waals surface area (Å²) in [5.74, 6) is 0.391. The van der Waals surface area contributed by atoms with Gasteiger partial charge in [-0.2, -0.15) is 0 Å². The van der Waals surface area contributed by atoms with Gasteiger partial charge in [-0.1, -0.05) is 6.42 Å². The number of hydrogen-bond donors (Lipinski definition) is 1. The Morgan fingerprint density at radius 3 is 2.59 bits per heavy atom. The molecular weight excluding hydrogens is 240 g/mol. The van der Waals surface area contributed by atoms with Gasteiger partial charge in [-0.3, -0.25) is 4.79 Å².